The molecule has 0 bridgehead atoms. The predicted molar refractivity (Wildman–Crippen MR) is 68.7 cm³/mol. The molecule has 1 aromatic heterocycles. The zero-order chi connectivity index (χ0) is 13.1. The molecule has 1 heterocycles. The molecule has 4 heteroatoms. The fourth-order valence-corrected chi connectivity index (χ4v) is 1.78. The maximum Gasteiger partial charge on any atom is 0.134 e. The number of hydrogen-bond acceptors (Lipinski definition) is 3. The van der Waals surface area contributed by atoms with Crippen LogP contribution in [0.3, 0.4) is 0 Å². The Kier molecular flexibility index (Phi) is 3.99. The van der Waals surface area contributed by atoms with Gasteiger partial charge in [-0.25, -0.2) is 4.39 Å². The number of rotatable bonds is 5. The lowest BCUT2D eigenvalue weighted by Crippen LogP contribution is -2.33. The highest BCUT2D eigenvalue weighted by molar-refractivity contribution is 5.77. The first-order valence-corrected chi connectivity index (χ1v) is 6.12. The number of benzene rings is 1. The minimum atomic E-state index is -0.259. The molecule has 0 aliphatic carbocycles. The van der Waals surface area contributed by atoms with E-state index in [1.54, 1.807) is 6.07 Å². The molecule has 2 rings (SSSR count). The highest BCUT2D eigenvalue weighted by Crippen LogP contribution is 2.20. The molecule has 2 N–H and O–H groups in total. The molecule has 0 aliphatic rings. The first-order valence-electron chi connectivity index (χ1n) is 6.12. The van der Waals surface area contributed by atoms with Crippen LogP contribution in [0, 0.1) is 11.7 Å². The van der Waals surface area contributed by atoms with Crippen LogP contribution in [0.2, 0.25) is 0 Å². The maximum atomic E-state index is 13.0. The van der Waals surface area contributed by atoms with Gasteiger partial charge in [0.25, 0.3) is 0 Å². The summed E-state index contributed by atoms with van der Waals surface area (Å²) in [6.07, 6.45) is 0. The Morgan fingerprint density at radius 1 is 1.33 bits per heavy atom. The summed E-state index contributed by atoms with van der Waals surface area (Å²) in [4.78, 5) is 0. The van der Waals surface area contributed by atoms with E-state index >= 15 is 0 Å². The Morgan fingerprint density at radius 3 is 2.83 bits per heavy atom. The topological polar surface area (TPSA) is 45.4 Å². The van der Waals surface area contributed by atoms with Crippen LogP contribution in [-0.2, 0) is 6.54 Å². The van der Waals surface area contributed by atoms with E-state index in [0.717, 1.165) is 11.1 Å². The molecule has 0 spiro atoms. The van der Waals surface area contributed by atoms with Gasteiger partial charge in [-0.3, -0.25) is 0 Å². The van der Waals surface area contributed by atoms with Gasteiger partial charge in [0.1, 0.15) is 17.2 Å². The number of nitrogens with one attached hydrogen (secondary N) is 1. The average molecular weight is 251 g/mol. The molecule has 2 aromatic rings. The lowest BCUT2D eigenvalue weighted by molar-refractivity contribution is 0.205. The average Bonchev–Trinajstić information content (AvgIpc) is 2.76. The second-order valence-corrected chi connectivity index (χ2v) is 4.72. The van der Waals surface area contributed by atoms with Gasteiger partial charge in [-0.05, 0) is 37.1 Å². The SMILES string of the molecule is CC(CO)C(C)NCc1cc2cc(F)ccc2o1. The van der Waals surface area contributed by atoms with Crippen molar-refractivity contribution in [1.29, 1.82) is 0 Å². The summed E-state index contributed by atoms with van der Waals surface area (Å²) in [5.74, 6) is 0.699. The highest BCUT2D eigenvalue weighted by Gasteiger charge is 2.11. The molecule has 1 aromatic carbocycles. The molecular formula is C14H18FNO2. The third-order valence-electron chi connectivity index (χ3n) is 3.27. The Labute approximate surface area is 106 Å². The quantitative estimate of drug-likeness (QED) is 0.858. The van der Waals surface area contributed by atoms with Gasteiger partial charge in [-0.1, -0.05) is 6.92 Å². The number of halogens is 1. The molecule has 2 unspecified atom stereocenters. The zero-order valence-electron chi connectivity index (χ0n) is 10.6. The van der Waals surface area contributed by atoms with E-state index in [4.69, 9.17) is 9.52 Å². The van der Waals surface area contributed by atoms with Gasteiger partial charge >= 0.3 is 0 Å². The summed E-state index contributed by atoms with van der Waals surface area (Å²) in [6.45, 7) is 4.72. The maximum absolute atomic E-state index is 13.0. The number of hydrogen-bond donors (Lipinski definition) is 2. The predicted octanol–water partition coefficient (Wildman–Crippen LogP) is 2.68. The van der Waals surface area contributed by atoms with E-state index in [2.05, 4.69) is 5.32 Å². The minimum Gasteiger partial charge on any atom is -0.460 e. The van der Waals surface area contributed by atoms with Crippen molar-refractivity contribution in [3.63, 3.8) is 0 Å². The van der Waals surface area contributed by atoms with Gasteiger partial charge in [0.05, 0.1) is 6.54 Å². The smallest absolute Gasteiger partial charge is 0.134 e. The first kappa shape index (κ1) is 13.1. The largest absolute Gasteiger partial charge is 0.460 e. The van der Waals surface area contributed by atoms with Crippen LogP contribution in [0.1, 0.15) is 19.6 Å². The van der Waals surface area contributed by atoms with E-state index in [1.807, 2.05) is 19.9 Å². The van der Waals surface area contributed by atoms with E-state index in [1.165, 1.54) is 12.1 Å². The van der Waals surface area contributed by atoms with Crippen molar-refractivity contribution < 1.29 is 13.9 Å². The van der Waals surface area contributed by atoms with Crippen molar-refractivity contribution in [2.75, 3.05) is 6.61 Å². The summed E-state index contributed by atoms with van der Waals surface area (Å²) < 4.78 is 18.6. The van der Waals surface area contributed by atoms with Crippen molar-refractivity contribution in [2.45, 2.75) is 26.4 Å². The Hall–Kier alpha value is -1.39. The molecule has 98 valence electrons. The van der Waals surface area contributed by atoms with E-state index in [9.17, 15) is 4.39 Å². The Morgan fingerprint density at radius 2 is 2.11 bits per heavy atom. The second kappa shape index (κ2) is 5.50. The molecule has 3 nitrogen and oxygen atoms in total. The fourth-order valence-electron chi connectivity index (χ4n) is 1.78. The van der Waals surface area contributed by atoms with Crippen molar-refractivity contribution in [3.8, 4) is 0 Å². The van der Waals surface area contributed by atoms with Crippen LogP contribution in [0.15, 0.2) is 28.7 Å². The number of furan rings is 1. The monoisotopic (exact) mass is 251 g/mol. The number of aliphatic hydroxyl groups is 1. The summed E-state index contributed by atoms with van der Waals surface area (Å²) in [6, 6.07) is 6.51. The van der Waals surface area contributed by atoms with E-state index in [-0.39, 0.29) is 24.4 Å². The minimum absolute atomic E-state index is 0.152. The van der Waals surface area contributed by atoms with Crippen molar-refractivity contribution >= 4 is 11.0 Å². The summed E-state index contributed by atoms with van der Waals surface area (Å²) in [5.41, 5.74) is 0.691. The summed E-state index contributed by atoms with van der Waals surface area (Å²) >= 11 is 0. The highest BCUT2D eigenvalue weighted by atomic mass is 19.1. The van der Waals surface area contributed by atoms with Crippen LogP contribution in [0.25, 0.3) is 11.0 Å². The van der Waals surface area contributed by atoms with Gasteiger partial charge in [-0.2, -0.15) is 0 Å². The number of aliphatic hydroxyl groups excluding tert-OH is 1. The molecule has 2 atom stereocenters. The van der Waals surface area contributed by atoms with Crippen LogP contribution < -0.4 is 5.32 Å². The third-order valence-corrected chi connectivity index (χ3v) is 3.27. The van der Waals surface area contributed by atoms with Gasteiger partial charge < -0.3 is 14.8 Å². The van der Waals surface area contributed by atoms with Crippen LogP contribution in [0.5, 0.6) is 0 Å². The number of fused-ring (bicyclic) bond motifs is 1. The molecule has 0 fully saturated rings. The molecule has 0 saturated carbocycles. The standard InChI is InChI=1S/C14H18FNO2/c1-9(8-17)10(2)16-7-13-6-11-5-12(15)3-4-14(11)18-13/h3-6,9-10,16-17H,7-8H2,1-2H3. The third kappa shape index (κ3) is 2.89. The molecule has 0 saturated heterocycles. The summed E-state index contributed by atoms with van der Waals surface area (Å²) in [5, 5.41) is 13.1. The molecule has 0 radical (unpaired) electrons. The normalized spacial score (nSPS) is 14.9. The lowest BCUT2D eigenvalue weighted by atomic mass is 10.1. The van der Waals surface area contributed by atoms with Crippen molar-refractivity contribution in [3.05, 3.63) is 35.8 Å². The Bertz CT molecular complexity index is 523. The van der Waals surface area contributed by atoms with Crippen LogP contribution in [-0.4, -0.2) is 17.8 Å². The van der Waals surface area contributed by atoms with Crippen molar-refractivity contribution in [2.24, 2.45) is 5.92 Å². The summed E-state index contributed by atoms with van der Waals surface area (Å²) in [7, 11) is 0. The van der Waals surface area contributed by atoms with Gasteiger partial charge in [0, 0.05) is 18.0 Å². The fraction of sp³-hybridized carbons (Fsp3) is 0.429. The molecule has 0 amide bonds. The molecule has 18 heavy (non-hydrogen) atoms. The van der Waals surface area contributed by atoms with Crippen LogP contribution in [0.4, 0.5) is 4.39 Å². The van der Waals surface area contributed by atoms with Gasteiger partial charge in [-0.15, -0.1) is 0 Å². The second-order valence-electron chi connectivity index (χ2n) is 4.72. The first-order chi connectivity index (χ1) is 8.60. The van der Waals surface area contributed by atoms with Gasteiger partial charge in [0.2, 0.25) is 0 Å². The van der Waals surface area contributed by atoms with Crippen LogP contribution >= 0.6 is 0 Å². The zero-order valence-corrected chi connectivity index (χ0v) is 10.6. The van der Waals surface area contributed by atoms with E-state index < -0.39 is 0 Å². The molecular weight excluding hydrogens is 233 g/mol. The van der Waals surface area contributed by atoms with E-state index in [0.29, 0.717) is 12.1 Å². The van der Waals surface area contributed by atoms with Gasteiger partial charge in [0.15, 0.2) is 0 Å². The lowest BCUT2D eigenvalue weighted by Gasteiger charge is -2.18. The Balaban J connectivity index is 2.04. The molecule has 0 aliphatic heterocycles. The van der Waals surface area contributed by atoms with Crippen molar-refractivity contribution in [1.82, 2.24) is 5.32 Å².